The number of rotatable bonds is 2. The van der Waals surface area contributed by atoms with E-state index in [9.17, 15) is 14.0 Å². The predicted molar refractivity (Wildman–Crippen MR) is 107 cm³/mol. The van der Waals surface area contributed by atoms with Crippen LogP contribution < -0.4 is 4.90 Å². The van der Waals surface area contributed by atoms with E-state index >= 15 is 0 Å². The SMILES string of the molecule is Cc1ccccc1N1C(=O)CC(c2cccc(F)c2)C2=C1CC(C)(C)CC2=O. The van der Waals surface area contributed by atoms with Crippen LogP contribution in [0.25, 0.3) is 0 Å². The van der Waals surface area contributed by atoms with Crippen molar-refractivity contribution < 1.29 is 14.0 Å². The number of benzene rings is 2. The van der Waals surface area contributed by atoms with Crippen LogP contribution in [-0.4, -0.2) is 11.7 Å². The van der Waals surface area contributed by atoms with Gasteiger partial charge in [0.25, 0.3) is 0 Å². The second-order valence-corrected chi connectivity index (χ2v) is 8.63. The summed E-state index contributed by atoms with van der Waals surface area (Å²) in [5.41, 5.74) is 3.74. The molecule has 0 N–H and O–H groups in total. The number of allylic oxidation sites excluding steroid dienone is 2. The number of Topliss-reactive ketones (excluding diaryl/α,β-unsaturated/α-hetero) is 1. The van der Waals surface area contributed by atoms with E-state index in [1.54, 1.807) is 11.0 Å². The number of ketones is 1. The van der Waals surface area contributed by atoms with Crippen LogP contribution in [0.3, 0.4) is 0 Å². The maximum absolute atomic E-state index is 13.9. The summed E-state index contributed by atoms with van der Waals surface area (Å²) in [6, 6.07) is 14.0. The molecule has 144 valence electrons. The molecule has 3 nitrogen and oxygen atoms in total. The summed E-state index contributed by atoms with van der Waals surface area (Å²) < 4.78 is 13.9. The summed E-state index contributed by atoms with van der Waals surface area (Å²) >= 11 is 0. The number of halogens is 1. The van der Waals surface area contributed by atoms with Crippen molar-refractivity contribution in [3.05, 3.63) is 76.7 Å². The molecule has 0 bridgehead atoms. The van der Waals surface area contributed by atoms with Gasteiger partial charge in [-0.05, 0) is 48.1 Å². The van der Waals surface area contributed by atoms with Crippen LogP contribution in [-0.2, 0) is 9.59 Å². The molecule has 28 heavy (non-hydrogen) atoms. The topological polar surface area (TPSA) is 37.4 Å². The first-order valence-electron chi connectivity index (χ1n) is 9.67. The highest BCUT2D eigenvalue weighted by atomic mass is 19.1. The fourth-order valence-corrected chi connectivity index (χ4v) is 4.52. The van der Waals surface area contributed by atoms with E-state index in [-0.39, 0.29) is 35.3 Å². The van der Waals surface area contributed by atoms with Crippen LogP contribution in [0, 0.1) is 18.2 Å². The van der Waals surface area contributed by atoms with E-state index in [0.29, 0.717) is 24.0 Å². The Morgan fingerprint density at radius 1 is 1.04 bits per heavy atom. The summed E-state index contributed by atoms with van der Waals surface area (Å²) in [6.45, 7) is 6.08. The Labute approximate surface area is 164 Å². The molecule has 1 unspecified atom stereocenters. The monoisotopic (exact) mass is 377 g/mol. The average molecular weight is 377 g/mol. The number of amides is 1. The summed E-state index contributed by atoms with van der Waals surface area (Å²) in [4.78, 5) is 28.2. The van der Waals surface area contributed by atoms with Crippen LogP contribution in [0.15, 0.2) is 59.8 Å². The Bertz CT molecular complexity index is 1010. The highest BCUT2D eigenvalue weighted by Crippen LogP contribution is 2.48. The molecule has 1 aliphatic heterocycles. The van der Waals surface area contributed by atoms with Crippen molar-refractivity contribution in [3.8, 4) is 0 Å². The number of nitrogens with zero attached hydrogens (tertiary/aromatic N) is 1. The normalized spacial score (nSPS) is 21.7. The van der Waals surface area contributed by atoms with Crippen LogP contribution in [0.5, 0.6) is 0 Å². The van der Waals surface area contributed by atoms with Gasteiger partial charge in [0.05, 0.1) is 5.69 Å². The lowest BCUT2D eigenvalue weighted by molar-refractivity contribution is -0.121. The quantitative estimate of drug-likeness (QED) is 0.712. The molecular weight excluding hydrogens is 353 g/mol. The molecule has 2 aromatic rings. The lowest BCUT2D eigenvalue weighted by Crippen LogP contribution is -2.44. The number of para-hydroxylation sites is 1. The number of carbonyl (C=O) groups excluding carboxylic acids is 2. The van der Waals surface area contributed by atoms with Gasteiger partial charge in [-0.3, -0.25) is 14.5 Å². The van der Waals surface area contributed by atoms with Crippen molar-refractivity contribution in [1.82, 2.24) is 0 Å². The van der Waals surface area contributed by atoms with Crippen molar-refractivity contribution in [3.63, 3.8) is 0 Å². The molecular formula is C24H24FNO2. The van der Waals surface area contributed by atoms with Gasteiger partial charge in [-0.2, -0.15) is 0 Å². The van der Waals surface area contributed by atoms with E-state index < -0.39 is 0 Å². The lowest BCUT2D eigenvalue weighted by Gasteiger charge is -2.43. The molecule has 0 fully saturated rings. The van der Waals surface area contributed by atoms with Crippen LogP contribution in [0.2, 0.25) is 0 Å². The van der Waals surface area contributed by atoms with Crippen molar-refractivity contribution >= 4 is 17.4 Å². The van der Waals surface area contributed by atoms with E-state index in [0.717, 1.165) is 16.9 Å². The maximum Gasteiger partial charge on any atom is 0.232 e. The first-order valence-corrected chi connectivity index (χ1v) is 9.67. The molecule has 1 atom stereocenters. The zero-order valence-corrected chi connectivity index (χ0v) is 16.5. The minimum Gasteiger partial charge on any atom is -0.294 e. The van der Waals surface area contributed by atoms with Crippen molar-refractivity contribution in [2.75, 3.05) is 4.90 Å². The molecule has 0 aromatic heterocycles. The average Bonchev–Trinajstić information content (AvgIpc) is 2.61. The fraction of sp³-hybridized carbons (Fsp3) is 0.333. The smallest absolute Gasteiger partial charge is 0.232 e. The Morgan fingerprint density at radius 2 is 1.79 bits per heavy atom. The molecule has 2 aromatic carbocycles. The standard InChI is InChI=1S/C24H24FNO2/c1-15-7-4-5-10-19(15)26-20-13-24(2,3)14-21(27)23(20)18(12-22(26)28)16-8-6-9-17(25)11-16/h4-11,18H,12-14H2,1-3H3. The Morgan fingerprint density at radius 3 is 2.50 bits per heavy atom. The molecule has 0 saturated heterocycles. The first-order chi connectivity index (χ1) is 13.3. The van der Waals surface area contributed by atoms with Gasteiger partial charge in [0, 0.05) is 30.0 Å². The third kappa shape index (κ3) is 3.17. The molecule has 0 saturated carbocycles. The van der Waals surface area contributed by atoms with Gasteiger partial charge in [-0.15, -0.1) is 0 Å². The van der Waals surface area contributed by atoms with Gasteiger partial charge in [0.15, 0.2) is 5.78 Å². The molecule has 0 radical (unpaired) electrons. The third-order valence-corrected chi connectivity index (χ3v) is 5.75. The van der Waals surface area contributed by atoms with Crippen LogP contribution in [0.1, 0.15) is 50.2 Å². The summed E-state index contributed by atoms with van der Waals surface area (Å²) in [5, 5.41) is 0. The van der Waals surface area contributed by atoms with Crippen LogP contribution in [0.4, 0.5) is 10.1 Å². The number of carbonyl (C=O) groups is 2. The Kier molecular flexibility index (Phi) is 4.45. The largest absolute Gasteiger partial charge is 0.294 e. The predicted octanol–water partition coefficient (Wildman–Crippen LogP) is 5.30. The molecule has 2 aliphatic rings. The number of hydrogen-bond acceptors (Lipinski definition) is 2. The van der Waals surface area contributed by atoms with Gasteiger partial charge >= 0.3 is 0 Å². The zero-order chi connectivity index (χ0) is 20.1. The van der Waals surface area contributed by atoms with Gasteiger partial charge in [0.2, 0.25) is 5.91 Å². The highest BCUT2D eigenvalue weighted by molar-refractivity contribution is 6.08. The van der Waals surface area contributed by atoms with Crippen molar-refractivity contribution in [2.24, 2.45) is 5.41 Å². The second-order valence-electron chi connectivity index (χ2n) is 8.63. The summed E-state index contributed by atoms with van der Waals surface area (Å²) in [5.74, 6) is -0.724. The highest BCUT2D eigenvalue weighted by Gasteiger charge is 2.44. The second kappa shape index (κ2) is 6.69. The van der Waals surface area contributed by atoms with E-state index in [4.69, 9.17) is 0 Å². The fourth-order valence-electron chi connectivity index (χ4n) is 4.52. The molecule has 1 amide bonds. The molecule has 4 rings (SSSR count). The Hall–Kier alpha value is -2.75. The summed E-state index contributed by atoms with van der Waals surface area (Å²) in [6.07, 6.45) is 1.25. The van der Waals surface area contributed by atoms with Gasteiger partial charge < -0.3 is 0 Å². The van der Waals surface area contributed by atoms with E-state index in [1.807, 2.05) is 37.3 Å². The molecule has 1 heterocycles. The van der Waals surface area contributed by atoms with Crippen molar-refractivity contribution in [2.45, 2.75) is 46.0 Å². The maximum atomic E-state index is 13.9. The lowest BCUT2D eigenvalue weighted by atomic mass is 9.69. The minimum atomic E-state index is -0.387. The van der Waals surface area contributed by atoms with Crippen molar-refractivity contribution in [1.29, 1.82) is 0 Å². The van der Waals surface area contributed by atoms with Gasteiger partial charge in [-0.25, -0.2) is 4.39 Å². The molecule has 0 spiro atoms. The Balaban J connectivity index is 1.93. The zero-order valence-electron chi connectivity index (χ0n) is 16.5. The number of hydrogen-bond donors (Lipinski definition) is 0. The number of anilines is 1. The molecule has 1 aliphatic carbocycles. The minimum absolute atomic E-state index is 0.0483. The van der Waals surface area contributed by atoms with E-state index in [1.165, 1.54) is 12.1 Å². The van der Waals surface area contributed by atoms with Gasteiger partial charge in [-0.1, -0.05) is 44.2 Å². The van der Waals surface area contributed by atoms with E-state index in [2.05, 4.69) is 13.8 Å². The van der Waals surface area contributed by atoms with Gasteiger partial charge in [0.1, 0.15) is 5.82 Å². The first kappa shape index (κ1) is 18.6. The number of aryl methyl sites for hydroxylation is 1. The third-order valence-electron chi connectivity index (χ3n) is 5.75. The van der Waals surface area contributed by atoms with Crippen LogP contribution >= 0.6 is 0 Å². The molecule has 4 heteroatoms. The summed E-state index contributed by atoms with van der Waals surface area (Å²) in [7, 11) is 0.